The Morgan fingerprint density at radius 2 is 0.875 bits per heavy atom. The van der Waals surface area contributed by atoms with E-state index >= 15 is 0 Å². The first-order valence-electron chi connectivity index (χ1n) is 7.30. The predicted molar refractivity (Wildman–Crippen MR) is 118 cm³/mol. The smallest absolute Gasteiger partial charge is 0.0387 e. The molecule has 4 aromatic rings. The average molecular weight is 478 g/mol. The van der Waals surface area contributed by atoms with Crippen LogP contribution in [0.3, 0.4) is 0 Å². The first kappa shape index (κ1) is 17.9. The number of hydrogen-bond donors (Lipinski definition) is 2. The summed E-state index contributed by atoms with van der Waals surface area (Å²) in [5.74, 6) is 0. The van der Waals surface area contributed by atoms with Crippen molar-refractivity contribution in [3.8, 4) is 0 Å². The number of rotatable bonds is 0. The van der Waals surface area contributed by atoms with Gasteiger partial charge in [0.1, 0.15) is 0 Å². The van der Waals surface area contributed by atoms with E-state index in [9.17, 15) is 0 Å². The summed E-state index contributed by atoms with van der Waals surface area (Å²) < 4.78 is 2.15. The van der Waals surface area contributed by atoms with E-state index in [1.165, 1.54) is 21.5 Å². The molecule has 0 radical (unpaired) electrons. The van der Waals surface area contributed by atoms with Crippen LogP contribution in [0.5, 0.6) is 0 Å². The van der Waals surface area contributed by atoms with E-state index in [2.05, 4.69) is 93.5 Å². The third-order valence-electron chi connectivity index (χ3n) is 3.69. The summed E-state index contributed by atoms with van der Waals surface area (Å²) in [4.78, 5) is 1.96. The molecule has 0 bridgehead atoms. The highest BCUT2D eigenvalue weighted by molar-refractivity contribution is 9.11. The zero-order valence-electron chi connectivity index (χ0n) is 12.6. The maximum atomic E-state index is 4.33. The lowest BCUT2D eigenvalue weighted by Crippen LogP contribution is -1.75. The molecule has 120 valence electrons. The van der Waals surface area contributed by atoms with Gasteiger partial charge in [0, 0.05) is 18.7 Å². The fourth-order valence-electron chi connectivity index (χ4n) is 2.44. The van der Waals surface area contributed by atoms with Crippen molar-refractivity contribution in [1.82, 2.24) is 0 Å². The number of thiol groups is 2. The number of benzene rings is 4. The lowest BCUT2D eigenvalue weighted by atomic mass is 10.1. The molecule has 0 amide bonds. The minimum absolute atomic E-state index is 0.980. The van der Waals surface area contributed by atoms with E-state index in [4.69, 9.17) is 0 Å². The lowest BCUT2D eigenvalue weighted by molar-refractivity contribution is 1.47. The second kappa shape index (κ2) is 7.96. The van der Waals surface area contributed by atoms with Gasteiger partial charge in [-0.1, -0.05) is 60.7 Å². The van der Waals surface area contributed by atoms with Crippen LogP contribution in [0.25, 0.3) is 21.5 Å². The van der Waals surface area contributed by atoms with Crippen LogP contribution in [-0.4, -0.2) is 0 Å². The number of hydrogen-bond acceptors (Lipinski definition) is 2. The first-order chi connectivity index (χ1) is 11.6. The molecule has 0 aromatic heterocycles. The van der Waals surface area contributed by atoms with Gasteiger partial charge in [-0.2, -0.15) is 0 Å². The molecule has 0 fully saturated rings. The highest BCUT2D eigenvalue weighted by Gasteiger charge is 2.00. The Morgan fingerprint density at radius 3 is 1.29 bits per heavy atom. The third-order valence-corrected chi connectivity index (χ3v) is 6.75. The maximum Gasteiger partial charge on any atom is 0.0387 e. The Kier molecular flexibility index (Phi) is 5.93. The molecule has 24 heavy (non-hydrogen) atoms. The average Bonchev–Trinajstić information content (AvgIpc) is 2.62. The molecule has 4 heteroatoms. The highest BCUT2D eigenvalue weighted by atomic mass is 79.9. The van der Waals surface area contributed by atoms with Gasteiger partial charge in [-0.25, -0.2) is 0 Å². The normalized spacial score (nSPS) is 10.5. The second-order valence-electron chi connectivity index (χ2n) is 5.24. The summed E-state index contributed by atoms with van der Waals surface area (Å²) in [7, 11) is 0. The summed E-state index contributed by atoms with van der Waals surface area (Å²) in [5.41, 5.74) is 0. The summed E-state index contributed by atoms with van der Waals surface area (Å²) in [6.07, 6.45) is 0. The van der Waals surface area contributed by atoms with Crippen molar-refractivity contribution >= 4 is 78.7 Å². The van der Waals surface area contributed by atoms with Gasteiger partial charge in [0.2, 0.25) is 0 Å². The molecule has 0 atom stereocenters. The highest BCUT2D eigenvalue weighted by Crippen LogP contribution is 2.30. The van der Waals surface area contributed by atoms with Crippen molar-refractivity contribution in [3.63, 3.8) is 0 Å². The predicted octanol–water partition coefficient (Wildman–Crippen LogP) is 7.78. The van der Waals surface area contributed by atoms with Gasteiger partial charge in [-0.15, -0.1) is 25.3 Å². The minimum Gasteiger partial charge on any atom is -0.142 e. The quantitative estimate of drug-likeness (QED) is 0.237. The SMILES string of the molecule is Sc1ccc2ccccc2c1Br.Sc1ccc2ccccc2c1Br. The Bertz CT molecular complexity index is 929. The fraction of sp³-hybridized carbons (Fsp3) is 0. The zero-order chi connectivity index (χ0) is 17.1. The van der Waals surface area contributed by atoms with E-state index in [0.717, 1.165) is 18.7 Å². The fourth-order valence-corrected chi connectivity index (χ4v) is 3.82. The minimum atomic E-state index is 0.980. The Labute approximate surface area is 169 Å². The van der Waals surface area contributed by atoms with Gasteiger partial charge in [-0.05, 0) is 65.5 Å². The van der Waals surface area contributed by atoms with Crippen molar-refractivity contribution in [1.29, 1.82) is 0 Å². The molecule has 0 heterocycles. The van der Waals surface area contributed by atoms with Crippen LogP contribution in [0, 0.1) is 0 Å². The van der Waals surface area contributed by atoms with Crippen molar-refractivity contribution in [2.45, 2.75) is 9.79 Å². The van der Waals surface area contributed by atoms with E-state index in [1.807, 2.05) is 36.4 Å². The Balaban J connectivity index is 0.000000141. The van der Waals surface area contributed by atoms with Crippen LogP contribution in [0.1, 0.15) is 0 Å². The molecule has 0 N–H and O–H groups in total. The Hall–Kier alpha value is -0.940. The van der Waals surface area contributed by atoms with Crippen LogP contribution in [-0.2, 0) is 0 Å². The van der Waals surface area contributed by atoms with Crippen LogP contribution < -0.4 is 0 Å². The van der Waals surface area contributed by atoms with Crippen molar-refractivity contribution < 1.29 is 0 Å². The molecule has 4 aromatic carbocycles. The number of fused-ring (bicyclic) bond motifs is 2. The summed E-state index contributed by atoms with van der Waals surface area (Å²) in [5, 5.41) is 4.90. The van der Waals surface area contributed by atoms with E-state index in [1.54, 1.807) is 0 Å². The zero-order valence-corrected chi connectivity index (χ0v) is 17.5. The molecule has 0 aliphatic carbocycles. The monoisotopic (exact) mass is 476 g/mol. The van der Waals surface area contributed by atoms with Gasteiger partial charge in [0.05, 0.1) is 0 Å². The molecular weight excluding hydrogens is 464 g/mol. The summed E-state index contributed by atoms with van der Waals surface area (Å²) in [6.45, 7) is 0. The first-order valence-corrected chi connectivity index (χ1v) is 9.78. The van der Waals surface area contributed by atoms with Crippen LogP contribution in [0.4, 0.5) is 0 Å². The molecule has 0 saturated heterocycles. The van der Waals surface area contributed by atoms with Crippen LogP contribution >= 0.6 is 57.1 Å². The second-order valence-corrected chi connectivity index (χ2v) is 7.79. The maximum absolute atomic E-state index is 4.33. The van der Waals surface area contributed by atoms with Gasteiger partial charge in [0.15, 0.2) is 0 Å². The van der Waals surface area contributed by atoms with Crippen LogP contribution in [0.2, 0.25) is 0 Å². The van der Waals surface area contributed by atoms with Crippen molar-refractivity contribution in [2.75, 3.05) is 0 Å². The van der Waals surface area contributed by atoms with E-state index in [0.29, 0.717) is 0 Å². The van der Waals surface area contributed by atoms with Crippen molar-refractivity contribution in [2.24, 2.45) is 0 Å². The largest absolute Gasteiger partial charge is 0.142 e. The van der Waals surface area contributed by atoms with E-state index < -0.39 is 0 Å². The topological polar surface area (TPSA) is 0 Å². The lowest BCUT2D eigenvalue weighted by Gasteiger charge is -2.01. The number of halogens is 2. The molecule has 0 spiro atoms. The van der Waals surface area contributed by atoms with Crippen molar-refractivity contribution in [3.05, 3.63) is 81.7 Å². The molecule has 0 unspecified atom stereocenters. The van der Waals surface area contributed by atoms with Gasteiger partial charge in [-0.3, -0.25) is 0 Å². The standard InChI is InChI=1S/2C10H7BrS/c2*11-10-8-4-2-1-3-7(8)5-6-9(10)12/h2*1-6,12H. The third kappa shape index (κ3) is 3.83. The van der Waals surface area contributed by atoms with E-state index in [-0.39, 0.29) is 0 Å². The summed E-state index contributed by atoms with van der Waals surface area (Å²) in [6, 6.07) is 24.6. The van der Waals surface area contributed by atoms with Gasteiger partial charge in [0.25, 0.3) is 0 Å². The van der Waals surface area contributed by atoms with Gasteiger partial charge >= 0.3 is 0 Å². The molecule has 4 rings (SSSR count). The molecular formula is C20H14Br2S2. The summed E-state index contributed by atoms with van der Waals surface area (Å²) >= 11 is 15.7. The molecule has 0 aliphatic rings. The van der Waals surface area contributed by atoms with Gasteiger partial charge < -0.3 is 0 Å². The molecule has 0 nitrogen and oxygen atoms in total. The Morgan fingerprint density at radius 1 is 0.500 bits per heavy atom. The molecule has 0 aliphatic heterocycles. The molecule has 0 saturated carbocycles. The van der Waals surface area contributed by atoms with Crippen LogP contribution in [0.15, 0.2) is 91.5 Å².